The molecule has 0 radical (unpaired) electrons. The Morgan fingerprint density at radius 2 is 1.90 bits per heavy atom. The lowest BCUT2D eigenvalue weighted by Gasteiger charge is -2.21. The van der Waals surface area contributed by atoms with Crippen LogP contribution in [0.15, 0.2) is 41.8 Å². The smallest absolute Gasteiger partial charge is 0.269 e. The number of amides is 1. The van der Waals surface area contributed by atoms with E-state index in [1.165, 1.54) is 24.3 Å². The van der Waals surface area contributed by atoms with Crippen molar-refractivity contribution in [2.45, 2.75) is 19.9 Å². The van der Waals surface area contributed by atoms with Crippen LogP contribution in [0.5, 0.6) is 0 Å². The highest BCUT2D eigenvalue weighted by molar-refractivity contribution is 7.10. The van der Waals surface area contributed by atoms with Gasteiger partial charge in [0, 0.05) is 22.6 Å². The molecule has 0 aliphatic heterocycles. The molecule has 0 aliphatic carbocycles. The third kappa shape index (κ3) is 3.66. The predicted octanol–water partition coefficient (Wildman–Crippen LogP) is 3.78. The van der Waals surface area contributed by atoms with Gasteiger partial charge in [-0.2, -0.15) is 0 Å². The van der Waals surface area contributed by atoms with E-state index in [-0.39, 0.29) is 23.6 Å². The van der Waals surface area contributed by atoms with E-state index < -0.39 is 4.92 Å². The summed E-state index contributed by atoms with van der Waals surface area (Å²) in [6.07, 6.45) is 0. The van der Waals surface area contributed by atoms with Crippen molar-refractivity contribution >= 4 is 22.9 Å². The molecule has 1 heterocycles. The number of nitro groups is 1. The molecule has 1 N–H and O–H groups in total. The van der Waals surface area contributed by atoms with Crippen molar-refractivity contribution < 1.29 is 9.72 Å². The second-order valence-corrected chi connectivity index (χ2v) is 5.99. The summed E-state index contributed by atoms with van der Waals surface area (Å²) in [5.41, 5.74) is 0.396. The van der Waals surface area contributed by atoms with Crippen LogP contribution in [0.1, 0.15) is 35.1 Å². The molecule has 110 valence electrons. The Bertz CT molecular complexity index is 621. The molecule has 6 heteroatoms. The molecule has 0 bridgehead atoms. The number of nitrogens with one attached hydrogen (secondary N) is 1. The Hall–Kier alpha value is -2.21. The quantitative estimate of drug-likeness (QED) is 0.675. The van der Waals surface area contributed by atoms with Gasteiger partial charge in [0.2, 0.25) is 0 Å². The van der Waals surface area contributed by atoms with Crippen LogP contribution in [-0.2, 0) is 0 Å². The highest BCUT2D eigenvalue weighted by atomic mass is 32.1. The first kappa shape index (κ1) is 15.2. The monoisotopic (exact) mass is 304 g/mol. The molecule has 21 heavy (non-hydrogen) atoms. The minimum absolute atomic E-state index is 0.0229. The van der Waals surface area contributed by atoms with Gasteiger partial charge in [-0.3, -0.25) is 14.9 Å². The topological polar surface area (TPSA) is 72.2 Å². The molecule has 0 fully saturated rings. The van der Waals surface area contributed by atoms with Gasteiger partial charge in [0.05, 0.1) is 11.0 Å². The number of benzene rings is 1. The number of hydrogen-bond donors (Lipinski definition) is 1. The first-order valence-electron chi connectivity index (χ1n) is 6.57. The van der Waals surface area contributed by atoms with E-state index in [1.807, 2.05) is 31.4 Å². The van der Waals surface area contributed by atoms with Crippen molar-refractivity contribution in [3.8, 4) is 0 Å². The van der Waals surface area contributed by atoms with E-state index in [0.29, 0.717) is 5.56 Å². The zero-order valence-corrected chi connectivity index (χ0v) is 12.6. The first-order chi connectivity index (χ1) is 9.99. The molecule has 0 aliphatic rings. The summed E-state index contributed by atoms with van der Waals surface area (Å²) >= 11 is 1.60. The minimum atomic E-state index is -0.482. The van der Waals surface area contributed by atoms with Crippen molar-refractivity contribution in [3.05, 3.63) is 62.3 Å². The number of nitro benzene ring substituents is 1. The van der Waals surface area contributed by atoms with E-state index in [2.05, 4.69) is 5.32 Å². The fraction of sp³-hybridized carbons (Fsp3) is 0.267. The van der Waals surface area contributed by atoms with E-state index in [0.717, 1.165) is 4.88 Å². The van der Waals surface area contributed by atoms with Crippen LogP contribution in [0.2, 0.25) is 0 Å². The van der Waals surface area contributed by atoms with Crippen LogP contribution in [0.4, 0.5) is 5.69 Å². The van der Waals surface area contributed by atoms with Crippen molar-refractivity contribution in [2.75, 3.05) is 0 Å². The van der Waals surface area contributed by atoms with Gasteiger partial charge in [0.15, 0.2) is 0 Å². The fourth-order valence-corrected chi connectivity index (χ4v) is 2.94. The number of nitrogens with zero attached hydrogens (tertiary/aromatic N) is 1. The van der Waals surface area contributed by atoms with Crippen molar-refractivity contribution in [1.82, 2.24) is 5.32 Å². The fourth-order valence-electron chi connectivity index (χ4n) is 1.99. The molecule has 2 aromatic rings. The summed E-state index contributed by atoms with van der Waals surface area (Å²) in [6, 6.07) is 9.50. The van der Waals surface area contributed by atoms with Crippen LogP contribution in [0.25, 0.3) is 0 Å². The minimum Gasteiger partial charge on any atom is -0.344 e. The number of rotatable bonds is 5. The highest BCUT2D eigenvalue weighted by Crippen LogP contribution is 2.26. The largest absolute Gasteiger partial charge is 0.344 e. The van der Waals surface area contributed by atoms with Crippen LogP contribution in [0.3, 0.4) is 0 Å². The normalized spacial score (nSPS) is 12.1. The molecule has 0 unspecified atom stereocenters. The zero-order valence-electron chi connectivity index (χ0n) is 11.8. The lowest BCUT2D eigenvalue weighted by molar-refractivity contribution is -0.384. The standard InChI is InChI=1S/C15H16N2O3S/c1-10(2)14(13-4-3-9-21-13)16-15(18)11-5-7-12(8-6-11)17(19)20/h3-10,14H,1-2H3,(H,16,18)/t14-/m0/s1. The Kier molecular flexibility index (Phi) is 4.70. The molecular weight excluding hydrogens is 288 g/mol. The Labute approximate surface area is 126 Å². The van der Waals surface area contributed by atoms with Crippen LogP contribution in [-0.4, -0.2) is 10.8 Å². The lowest BCUT2D eigenvalue weighted by atomic mass is 10.0. The number of hydrogen-bond acceptors (Lipinski definition) is 4. The van der Waals surface area contributed by atoms with Gasteiger partial charge in [0.1, 0.15) is 0 Å². The third-order valence-corrected chi connectivity index (χ3v) is 4.10. The number of carbonyl (C=O) groups is 1. The number of thiophene rings is 1. The van der Waals surface area contributed by atoms with Crippen LogP contribution < -0.4 is 5.32 Å². The molecule has 2 rings (SSSR count). The van der Waals surface area contributed by atoms with Crippen molar-refractivity contribution in [3.63, 3.8) is 0 Å². The Morgan fingerprint density at radius 3 is 2.38 bits per heavy atom. The third-order valence-electron chi connectivity index (χ3n) is 3.14. The molecule has 0 saturated carbocycles. The van der Waals surface area contributed by atoms with Gasteiger partial charge in [-0.05, 0) is 29.5 Å². The zero-order chi connectivity index (χ0) is 15.4. The van der Waals surface area contributed by atoms with E-state index in [9.17, 15) is 14.9 Å². The van der Waals surface area contributed by atoms with Crippen LogP contribution in [0, 0.1) is 16.0 Å². The Morgan fingerprint density at radius 1 is 1.24 bits per heavy atom. The maximum Gasteiger partial charge on any atom is 0.269 e. The maximum absolute atomic E-state index is 12.3. The van der Waals surface area contributed by atoms with Gasteiger partial charge in [0.25, 0.3) is 11.6 Å². The maximum atomic E-state index is 12.3. The van der Waals surface area contributed by atoms with E-state index in [4.69, 9.17) is 0 Å². The average Bonchev–Trinajstić information content (AvgIpc) is 2.98. The SMILES string of the molecule is CC(C)[C@H](NC(=O)c1ccc([N+](=O)[O-])cc1)c1cccs1. The summed E-state index contributed by atoms with van der Waals surface area (Å²) in [5.74, 6) is 0.0302. The summed E-state index contributed by atoms with van der Waals surface area (Å²) < 4.78 is 0. The van der Waals surface area contributed by atoms with Gasteiger partial charge < -0.3 is 5.32 Å². The lowest BCUT2D eigenvalue weighted by Crippen LogP contribution is -2.31. The van der Waals surface area contributed by atoms with Gasteiger partial charge in [-0.25, -0.2) is 0 Å². The van der Waals surface area contributed by atoms with E-state index >= 15 is 0 Å². The molecule has 1 aromatic carbocycles. The first-order valence-corrected chi connectivity index (χ1v) is 7.45. The molecular formula is C15H16N2O3S. The summed E-state index contributed by atoms with van der Waals surface area (Å²) in [5, 5.41) is 15.6. The molecule has 1 aromatic heterocycles. The van der Waals surface area contributed by atoms with Crippen molar-refractivity contribution in [1.29, 1.82) is 0 Å². The van der Waals surface area contributed by atoms with Gasteiger partial charge in [-0.15, -0.1) is 11.3 Å². The average molecular weight is 304 g/mol. The van der Waals surface area contributed by atoms with Gasteiger partial charge in [-0.1, -0.05) is 19.9 Å². The summed E-state index contributed by atoms with van der Waals surface area (Å²) in [6.45, 7) is 4.08. The molecule has 5 nitrogen and oxygen atoms in total. The highest BCUT2D eigenvalue weighted by Gasteiger charge is 2.20. The summed E-state index contributed by atoms with van der Waals surface area (Å²) in [4.78, 5) is 23.5. The molecule has 0 spiro atoms. The number of non-ortho nitro benzene ring substituents is 1. The molecule has 1 atom stereocenters. The second kappa shape index (κ2) is 6.49. The van der Waals surface area contributed by atoms with Gasteiger partial charge >= 0.3 is 0 Å². The van der Waals surface area contributed by atoms with E-state index in [1.54, 1.807) is 11.3 Å². The van der Waals surface area contributed by atoms with Crippen molar-refractivity contribution in [2.24, 2.45) is 5.92 Å². The van der Waals surface area contributed by atoms with Crippen LogP contribution >= 0.6 is 11.3 Å². The Balaban J connectivity index is 2.14. The predicted molar refractivity (Wildman–Crippen MR) is 82.5 cm³/mol. The second-order valence-electron chi connectivity index (χ2n) is 5.01. The summed E-state index contributed by atoms with van der Waals surface area (Å²) in [7, 11) is 0. The molecule has 1 amide bonds. The molecule has 0 saturated heterocycles. The number of carbonyl (C=O) groups excluding carboxylic acids is 1.